The van der Waals surface area contributed by atoms with Gasteiger partial charge in [0.25, 0.3) is 0 Å². The maximum atomic E-state index is 12.6. The third-order valence-corrected chi connectivity index (χ3v) is 4.77. The van der Waals surface area contributed by atoms with Gasteiger partial charge < -0.3 is 9.80 Å². The summed E-state index contributed by atoms with van der Waals surface area (Å²) in [5.41, 5.74) is -0.349. The molecule has 4 heteroatoms. The van der Waals surface area contributed by atoms with Crippen molar-refractivity contribution in [1.82, 2.24) is 15.1 Å². The number of nitrogens with one attached hydrogen (secondary N) is 1. The van der Waals surface area contributed by atoms with E-state index in [4.69, 9.17) is 0 Å². The normalized spacial score (nSPS) is 37.8. The molecule has 2 saturated heterocycles. The van der Waals surface area contributed by atoms with Crippen LogP contribution >= 0.6 is 0 Å². The summed E-state index contributed by atoms with van der Waals surface area (Å²) in [4.78, 5) is 17.0. The Balaban J connectivity index is 2.08. The molecule has 18 heavy (non-hydrogen) atoms. The summed E-state index contributed by atoms with van der Waals surface area (Å²) in [6.45, 7) is 8.33. The van der Waals surface area contributed by atoms with Gasteiger partial charge in [-0.1, -0.05) is 13.8 Å². The second kappa shape index (κ2) is 5.17. The van der Waals surface area contributed by atoms with Gasteiger partial charge in [0.15, 0.2) is 0 Å². The second-order valence-corrected chi connectivity index (χ2v) is 5.99. The molecular weight excluding hydrogens is 226 g/mol. The minimum atomic E-state index is -0.349. The van der Waals surface area contributed by atoms with E-state index in [2.05, 4.69) is 36.0 Å². The van der Waals surface area contributed by atoms with Crippen LogP contribution in [0.25, 0.3) is 0 Å². The van der Waals surface area contributed by atoms with Crippen molar-refractivity contribution >= 4 is 5.91 Å². The van der Waals surface area contributed by atoms with E-state index >= 15 is 0 Å². The summed E-state index contributed by atoms with van der Waals surface area (Å²) in [6.07, 6.45) is 4.55. The number of hydrogen-bond acceptors (Lipinski definition) is 3. The molecule has 1 N–H and O–H groups in total. The molecule has 4 nitrogen and oxygen atoms in total. The minimum absolute atomic E-state index is 0.219. The maximum absolute atomic E-state index is 12.6. The van der Waals surface area contributed by atoms with Gasteiger partial charge in [0.05, 0.1) is 11.7 Å². The van der Waals surface area contributed by atoms with Crippen LogP contribution in [0.3, 0.4) is 0 Å². The molecule has 2 rings (SSSR count). The first-order valence-corrected chi connectivity index (χ1v) is 7.30. The first-order valence-electron chi connectivity index (χ1n) is 7.30. The van der Waals surface area contributed by atoms with Crippen LogP contribution in [0.4, 0.5) is 0 Å². The number of carbonyl (C=O) groups is 1. The average molecular weight is 253 g/mol. The zero-order chi connectivity index (χ0) is 13.3. The molecule has 0 aromatic heterocycles. The van der Waals surface area contributed by atoms with Gasteiger partial charge in [-0.3, -0.25) is 10.1 Å². The Kier molecular flexibility index (Phi) is 3.97. The molecule has 104 valence electrons. The standard InChI is InChI=1S/C14H27N3O/c1-5-12-15-14(3,6-2)13(18)17(12)10-11-8-7-9-16(11)4/h11-12,15H,5-10H2,1-4H3. The number of amides is 1. The van der Waals surface area contributed by atoms with E-state index in [0.29, 0.717) is 6.04 Å². The summed E-state index contributed by atoms with van der Waals surface area (Å²) < 4.78 is 0. The van der Waals surface area contributed by atoms with Crippen molar-refractivity contribution in [3.8, 4) is 0 Å². The lowest BCUT2D eigenvalue weighted by Crippen LogP contribution is -2.45. The smallest absolute Gasteiger partial charge is 0.243 e. The lowest BCUT2D eigenvalue weighted by Gasteiger charge is -2.29. The number of hydrogen-bond donors (Lipinski definition) is 1. The molecule has 0 spiro atoms. The van der Waals surface area contributed by atoms with E-state index in [9.17, 15) is 4.79 Å². The summed E-state index contributed by atoms with van der Waals surface area (Å²) >= 11 is 0. The number of carbonyl (C=O) groups excluding carboxylic acids is 1. The SMILES string of the molecule is CCC1NC(C)(CC)C(=O)N1CC1CCCN1C. The topological polar surface area (TPSA) is 35.6 Å². The molecule has 3 unspecified atom stereocenters. The van der Waals surface area contributed by atoms with Crippen molar-refractivity contribution in [2.75, 3.05) is 20.1 Å². The van der Waals surface area contributed by atoms with Gasteiger partial charge in [-0.25, -0.2) is 0 Å². The van der Waals surface area contributed by atoms with E-state index in [-0.39, 0.29) is 17.6 Å². The molecule has 0 aromatic rings. The molecule has 2 aliphatic rings. The van der Waals surface area contributed by atoms with Gasteiger partial charge in [0.2, 0.25) is 5.91 Å². The third kappa shape index (κ3) is 2.28. The van der Waals surface area contributed by atoms with Crippen LogP contribution in [-0.2, 0) is 4.79 Å². The van der Waals surface area contributed by atoms with Gasteiger partial charge in [-0.15, -0.1) is 0 Å². The van der Waals surface area contributed by atoms with E-state index in [1.54, 1.807) is 0 Å². The molecule has 0 aliphatic carbocycles. The predicted molar refractivity (Wildman–Crippen MR) is 73.3 cm³/mol. The van der Waals surface area contributed by atoms with Crippen LogP contribution in [0.1, 0.15) is 46.5 Å². The molecule has 0 radical (unpaired) electrons. The minimum Gasteiger partial charge on any atom is -0.324 e. The van der Waals surface area contributed by atoms with Crippen LogP contribution < -0.4 is 5.32 Å². The molecule has 2 fully saturated rings. The van der Waals surface area contributed by atoms with E-state index < -0.39 is 0 Å². The van der Waals surface area contributed by atoms with Gasteiger partial charge in [0, 0.05) is 12.6 Å². The summed E-state index contributed by atoms with van der Waals surface area (Å²) in [6, 6.07) is 0.545. The second-order valence-electron chi connectivity index (χ2n) is 5.99. The fourth-order valence-electron chi connectivity index (χ4n) is 3.19. The molecule has 0 aromatic carbocycles. The Morgan fingerprint density at radius 2 is 2.17 bits per heavy atom. The molecule has 0 saturated carbocycles. The first kappa shape index (κ1) is 13.8. The van der Waals surface area contributed by atoms with E-state index in [0.717, 1.165) is 19.4 Å². The number of rotatable bonds is 4. The van der Waals surface area contributed by atoms with Crippen molar-refractivity contribution < 1.29 is 4.79 Å². The van der Waals surface area contributed by atoms with Crippen molar-refractivity contribution in [2.45, 2.75) is 64.2 Å². The highest BCUT2D eigenvalue weighted by Gasteiger charge is 2.46. The number of nitrogens with zero attached hydrogens (tertiary/aromatic N) is 2. The predicted octanol–water partition coefficient (Wildman–Crippen LogP) is 1.42. The molecule has 0 bridgehead atoms. The molecule has 2 aliphatic heterocycles. The molecule has 3 atom stereocenters. The highest BCUT2D eigenvalue weighted by molar-refractivity contribution is 5.88. The van der Waals surface area contributed by atoms with E-state index in [1.165, 1.54) is 19.4 Å². The van der Waals surface area contributed by atoms with Gasteiger partial charge in [-0.05, 0) is 46.2 Å². The summed E-state index contributed by atoms with van der Waals surface area (Å²) in [5.74, 6) is 0.289. The van der Waals surface area contributed by atoms with Crippen LogP contribution in [-0.4, -0.2) is 53.6 Å². The maximum Gasteiger partial charge on any atom is 0.243 e. The monoisotopic (exact) mass is 253 g/mol. The summed E-state index contributed by atoms with van der Waals surface area (Å²) in [7, 11) is 2.17. The largest absolute Gasteiger partial charge is 0.324 e. The fraction of sp³-hybridized carbons (Fsp3) is 0.929. The zero-order valence-electron chi connectivity index (χ0n) is 12.2. The quantitative estimate of drug-likeness (QED) is 0.823. The Bertz CT molecular complexity index is 320. The Morgan fingerprint density at radius 3 is 2.67 bits per heavy atom. The molecule has 1 amide bonds. The first-order chi connectivity index (χ1) is 8.51. The average Bonchev–Trinajstić information content (AvgIpc) is 2.87. The van der Waals surface area contributed by atoms with Crippen LogP contribution in [0.5, 0.6) is 0 Å². The van der Waals surface area contributed by atoms with Crippen LogP contribution in [0, 0.1) is 0 Å². The Labute approximate surface area is 111 Å². The van der Waals surface area contributed by atoms with Gasteiger partial charge >= 0.3 is 0 Å². The lowest BCUT2D eigenvalue weighted by molar-refractivity contribution is -0.133. The van der Waals surface area contributed by atoms with Crippen molar-refractivity contribution in [1.29, 1.82) is 0 Å². The van der Waals surface area contributed by atoms with Crippen LogP contribution in [0.15, 0.2) is 0 Å². The lowest BCUT2D eigenvalue weighted by atomic mass is 9.99. The Morgan fingerprint density at radius 1 is 1.44 bits per heavy atom. The van der Waals surface area contributed by atoms with E-state index in [1.807, 2.05) is 6.92 Å². The summed E-state index contributed by atoms with van der Waals surface area (Å²) in [5, 5.41) is 3.51. The Hall–Kier alpha value is -0.610. The highest BCUT2D eigenvalue weighted by Crippen LogP contribution is 2.27. The third-order valence-electron chi connectivity index (χ3n) is 4.77. The molecular formula is C14H27N3O. The number of likely N-dealkylation sites (N-methyl/N-ethyl adjacent to an activating group) is 1. The van der Waals surface area contributed by atoms with Gasteiger partial charge in [-0.2, -0.15) is 0 Å². The van der Waals surface area contributed by atoms with Crippen molar-refractivity contribution in [3.63, 3.8) is 0 Å². The zero-order valence-corrected chi connectivity index (χ0v) is 12.2. The fourth-order valence-corrected chi connectivity index (χ4v) is 3.19. The highest BCUT2D eigenvalue weighted by atomic mass is 16.2. The molecule has 2 heterocycles. The van der Waals surface area contributed by atoms with Gasteiger partial charge in [0.1, 0.15) is 0 Å². The van der Waals surface area contributed by atoms with Crippen molar-refractivity contribution in [2.24, 2.45) is 0 Å². The van der Waals surface area contributed by atoms with Crippen LogP contribution in [0.2, 0.25) is 0 Å². The van der Waals surface area contributed by atoms with Crippen molar-refractivity contribution in [3.05, 3.63) is 0 Å². The number of likely N-dealkylation sites (tertiary alicyclic amines) is 1.